The Labute approximate surface area is 184 Å². The Balaban J connectivity index is 1.72. The van der Waals surface area contributed by atoms with E-state index in [2.05, 4.69) is 17.0 Å². The molecular formula is C22H28ClN3O3S. The van der Waals surface area contributed by atoms with Gasteiger partial charge in [-0.15, -0.1) is 0 Å². The molecule has 0 unspecified atom stereocenters. The Kier molecular flexibility index (Phi) is 7.39. The minimum Gasteiger partial charge on any atom is -0.338 e. The van der Waals surface area contributed by atoms with Gasteiger partial charge in [-0.1, -0.05) is 54.9 Å². The molecule has 3 rings (SSSR count). The molecule has 0 N–H and O–H groups in total. The van der Waals surface area contributed by atoms with Gasteiger partial charge in [0, 0.05) is 37.7 Å². The number of benzene rings is 2. The molecule has 1 atom stereocenters. The van der Waals surface area contributed by atoms with Crippen molar-refractivity contribution in [1.82, 2.24) is 9.80 Å². The van der Waals surface area contributed by atoms with Crippen LogP contribution in [0, 0.1) is 0 Å². The fourth-order valence-electron chi connectivity index (χ4n) is 3.84. The van der Waals surface area contributed by atoms with Crippen LogP contribution in [0.1, 0.15) is 18.9 Å². The highest BCUT2D eigenvalue weighted by Crippen LogP contribution is 2.26. The minimum absolute atomic E-state index is 0.165. The van der Waals surface area contributed by atoms with E-state index in [1.54, 1.807) is 29.2 Å². The van der Waals surface area contributed by atoms with Gasteiger partial charge in [0.1, 0.15) is 6.04 Å². The Hall–Kier alpha value is -2.09. The average molecular weight is 450 g/mol. The third kappa shape index (κ3) is 5.53. The third-order valence-electron chi connectivity index (χ3n) is 5.31. The molecule has 0 radical (unpaired) electrons. The molecule has 6 nitrogen and oxygen atoms in total. The van der Waals surface area contributed by atoms with Gasteiger partial charge in [-0.3, -0.25) is 14.0 Å². The highest BCUT2D eigenvalue weighted by atomic mass is 35.5. The van der Waals surface area contributed by atoms with Gasteiger partial charge in [-0.25, -0.2) is 8.42 Å². The van der Waals surface area contributed by atoms with Crippen LogP contribution in [-0.2, 0) is 21.4 Å². The van der Waals surface area contributed by atoms with Gasteiger partial charge in [0.15, 0.2) is 0 Å². The molecule has 0 bridgehead atoms. The maximum Gasteiger partial charge on any atom is 0.246 e. The first kappa shape index (κ1) is 22.6. The van der Waals surface area contributed by atoms with Gasteiger partial charge in [-0.05, 0) is 30.2 Å². The first-order chi connectivity index (χ1) is 14.3. The number of rotatable bonds is 7. The summed E-state index contributed by atoms with van der Waals surface area (Å²) < 4.78 is 26.4. The number of hydrogen-bond donors (Lipinski definition) is 0. The Morgan fingerprint density at radius 2 is 1.73 bits per heavy atom. The zero-order valence-electron chi connectivity index (χ0n) is 17.4. The lowest BCUT2D eigenvalue weighted by atomic mass is 10.1. The predicted octanol–water partition coefficient (Wildman–Crippen LogP) is 3.23. The molecule has 0 aromatic heterocycles. The Morgan fingerprint density at radius 3 is 2.30 bits per heavy atom. The van der Waals surface area contributed by atoms with Crippen molar-refractivity contribution in [3.63, 3.8) is 0 Å². The number of amides is 1. The second kappa shape index (κ2) is 9.81. The first-order valence-electron chi connectivity index (χ1n) is 10.1. The van der Waals surface area contributed by atoms with Crippen molar-refractivity contribution in [3.8, 4) is 0 Å². The summed E-state index contributed by atoms with van der Waals surface area (Å²) in [4.78, 5) is 17.4. The molecule has 1 saturated heterocycles. The van der Waals surface area contributed by atoms with Crippen LogP contribution in [0.25, 0.3) is 0 Å². The molecule has 1 amide bonds. The van der Waals surface area contributed by atoms with Crippen molar-refractivity contribution in [1.29, 1.82) is 0 Å². The van der Waals surface area contributed by atoms with Gasteiger partial charge in [0.25, 0.3) is 0 Å². The van der Waals surface area contributed by atoms with E-state index in [-0.39, 0.29) is 5.91 Å². The summed E-state index contributed by atoms with van der Waals surface area (Å²) in [5.74, 6) is -0.165. The van der Waals surface area contributed by atoms with Crippen LogP contribution in [-0.4, -0.2) is 62.6 Å². The smallest absolute Gasteiger partial charge is 0.246 e. The first-order valence-corrected chi connectivity index (χ1v) is 12.3. The summed E-state index contributed by atoms with van der Waals surface area (Å²) in [6, 6.07) is 16.1. The number of hydrogen-bond acceptors (Lipinski definition) is 4. The zero-order valence-corrected chi connectivity index (χ0v) is 18.9. The van der Waals surface area contributed by atoms with E-state index >= 15 is 0 Å². The lowest BCUT2D eigenvalue weighted by Gasteiger charge is -2.39. The van der Waals surface area contributed by atoms with Gasteiger partial charge in [0.05, 0.1) is 11.9 Å². The molecule has 1 aliphatic rings. The van der Waals surface area contributed by atoms with E-state index in [1.807, 2.05) is 25.1 Å². The lowest BCUT2D eigenvalue weighted by molar-refractivity contribution is -0.134. The molecule has 162 valence electrons. The molecule has 0 spiro atoms. The van der Waals surface area contributed by atoms with Crippen LogP contribution in [0.15, 0.2) is 54.6 Å². The summed E-state index contributed by atoms with van der Waals surface area (Å²) in [6.07, 6.45) is 1.50. The standard InChI is InChI=1S/C22H28ClN3O3S/c1-3-21(26(30(2,28)29)20-11-7-10-19(23)16-20)22(27)25-14-12-24(13-15-25)17-18-8-5-4-6-9-18/h4-11,16,21H,3,12-15,17H2,1-2H3/t21-/m0/s1. The van der Waals surface area contributed by atoms with Gasteiger partial charge in [0.2, 0.25) is 15.9 Å². The fourth-order valence-corrected chi connectivity index (χ4v) is 5.22. The van der Waals surface area contributed by atoms with Crippen molar-refractivity contribution >= 4 is 33.2 Å². The molecule has 8 heteroatoms. The second-order valence-corrected chi connectivity index (χ2v) is 9.85. The van der Waals surface area contributed by atoms with E-state index in [9.17, 15) is 13.2 Å². The van der Waals surface area contributed by atoms with E-state index in [0.29, 0.717) is 30.2 Å². The number of anilines is 1. The summed E-state index contributed by atoms with van der Waals surface area (Å²) >= 11 is 6.08. The topological polar surface area (TPSA) is 60.9 Å². The van der Waals surface area contributed by atoms with Crippen molar-refractivity contribution < 1.29 is 13.2 Å². The van der Waals surface area contributed by atoms with Crippen LogP contribution in [0.2, 0.25) is 5.02 Å². The number of carbonyl (C=O) groups is 1. The molecule has 2 aromatic carbocycles. The largest absolute Gasteiger partial charge is 0.338 e. The molecule has 2 aromatic rings. The molecule has 0 aliphatic carbocycles. The molecule has 0 saturated carbocycles. The van der Waals surface area contributed by atoms with Gasteiger partial charge >= 0.3 is 0 Å². The highest BCUT2D eigenvalue weighted by molar-refractivity contribution is 7.92. The number of piperazine rings is 1. The number of nitrogens with zero attached hydrogens (tertiary/aromatic N) is 3. The molecule has 1 aliphatic heterocycles. The van der Waals surface area contributed by atoms with E-state index in [0.717, 1.165) is 25.9 Å². The van der Waals surface area contributed by atoms with E-state index < -0.39 is 16.1 Å². The maximum atomic E-state index is 13.3. The SMILES string of the molecule is CC[C@@H](C(=O)N1CCN(Cc2ccccc2)CC1)N(c1cccc(Cl)c1)S(C)(=O)=O. The monoisotopic (exact) mass is 449 g/mol. The molecule has 1 heterocycles. The summed E-state index contributed by atoms with van der Waals surface area (Å²) in [7, 11) is -3.66. The fraction of sp³-hybridized carbons (Fsp3) is 0.409. The zero-order chi connectivity index (χ0) is 21.7. The third-order valence-corrected chi connectivity index (χ3v) is 6.72. The number of carbonyl (C=O) groups excluding carboxylic acids is 1. The van der Waals surface area contributed by atoms with Crippen LogP contribution < -0.4 is 4.31 Å². The normalized spacial score (nSPS) is 16.3. The van der Waals surface area contributed by atoms with Gasteiger partial charge in [-0.2, -0.15) is 0 Å². The molecule has 1 fully saturated rings. The second-order valence-electron chi connectivity index (χ2n) is 7.55. The quantitative estimate of drug-likeness (QED) is 0.651. The van der Waals surface area contributed by atoms with Crippen LogP contribution >= 0.6 is 11.6 Å². The molecule has 30 heavy (non-hydrogen) atoms. The predicted molar refractivity (Wildman–Crippen MR) is 121 cm³/mol. The van der Waals surface area contributed by atoms with Crippen molar-refractivity contribution in [3.05, 3.63) is 65.2 Å². The Morgan fingerprint density at radius 1 is 1.07 bits per heavy atom. The van der Waals surface area contributed by atoms with Crippen LogP contribution in [0.5, 0.6) is 0 Å². The Bertz CT molecular complexity index is 961. The van der Waals surface area contributed by atoms with Crippen LogP contribution in [0.3, 0.4) is 0 Å². The highest BCUT2D eigenvalue weighted by Gasteiger charge is 2.35. The number of sulfonamides is 1. The molecular weight excluding hydrogens is 422 g/mol. The van der Waals surface area contributed by atoms with Crippen LogP contribution in [0.4, 0.5) is 5.69 Å². The minimum atomic E-state index is -3.66. The van der Waals surface area contributed by atoms with Crippen molar-refractivity contribution in [2.75, 3.05) is 36.7 Å². The maximum absolute atomic E-state index is 13.3. The average Bonchev–Trinajstić information content (AvgIpc) is 2.72. The van der Waals surface area contributed by atoms with Crippen molar-refractivity contribution in [2.45, 2.75) is 25.9 Å². The van der Waals surface area contributed by atoms with Gasteiger partial charge < -0.3 is 4.90 Å². The lowest BCUT2D eigenvalue weighted by Crippen LogP contribution is -2.55. The summed E-state index contributed by atoms with van der Waals surface area (Å²) in [5.41, 5.74) is 1.65. The number of halogens is 1. The summed E-state index contributed by atoms with van der Waals surface area (Å²) in [6.45, 7) is 5.35. The van der Waals surface area contributed by atoms with E-state index in [1.165, 1.54) is 9.87 Å². The summed E-state index contributed by atoms with van der Waals surface area (Å²) in [5, 5.41) is 0.429. The van der Waals surface area contributed by atoms with E-state index in [4.69, 9.17) is 11.6 Å². The van der Waals surface area contributed by atoms with Crippen molar-refractivity contribution in [2.24, 2.45) is 0 Å².